The van der Waals surface area contributed by atoms with Crippen LogP contribution in [0.5, 0.6) is 0 Å². The lowest BCUT2D eigenvalue weighted by Crippen LogP contribution is -2.33. The monoisotopic (exact) mass is 228 g/mol. The molecule has 1 aliphatic rings. The fourth-order valence-corrected chi connectivity index (χ4v) is 2.50. The molecule has 0 radical (unpaired) electrons. The zero-order valence-corrected chi connectivity index (χ0v) is 9.07. The number of nitrogens with zero attached hydrogens (tertiary/aromatic N) is 2. The molecule has 0 saturated heterocycles. The van der Waals surface area contributed by atoms with Crippen molar-refractivity contribution in [2.45, 2.75) is 37.6 Å². The second-order valence-corrected chi connectivity index (χ2v) is 4.54. The van der Waals surface area contributed by atoms with Gasteiger partial charge in [0.1, 0.15) is 0 Å². The van der Waals surface area contributed by atoms with Crippen molar-refractivity contribution < 1.29 is 9.90 Å². The highest BCUT2D eigenvalue weighted by Crippen LogP contribution is 2.39. The highest BCUT2D eigenvalue weighted by atomic mass is 35.5. The van der Waals surface area contributed by atoms with Crippen molar-refractivity contribution in [3.8, 4) is 0 Å². The van der Waals surface area contributed by atoms with Gasteiger partial charge in [-0.3, -0.25) is 9.48 Å². The van der Waals surface area contributed by atoms with Gasteiger partial charge in [0.15, 0.2) is 0 Å². The Hall–Kier alpha value is -1.03. The van der Waals surface area contributed by atoms with Gasteiger partial charge in [-0.1, -0.05) is 24.4 Å². The molecule has 1 saturated carbocycles. The highest BCUT2D eigenvalue weighted by Gasteiger charge is 2.38. The van der Waals surface area contributed by atoms with Crippen molar-refractivity contribution in [3.05, 3.63) is 17.4 Å². The molecule has 1 aromatic heterocycles. The summed E-state index contributed by atoms with van der Waals surface area (Å²) in [4.78, 5) is 10.9. The van der Waals surface area contributed by atoms with Gasteiger partial charge < -0.3 is 5.11 Å². The Morgan fingerprint density at radius 3 is 2.73 bits per heavy atom. The van der Waals surface area contributed by atoms with E-state index in [9.17, 15) is 4.79 Å². The normalized spacial score (nSPS) is 19.3. The molecule has 1 aliphatic carbocycles. The first-order valence-corrected chi connectivity index (χ1v) is 5.43. The zero-order chi connectivity index (χ0) is 10.9. The van der Waals surface area contributed by atoms with Crippen LogP contribution in [-0.4, -0.2) is 20.9 Å². The number of halogens is 1. The molecule has 82 valence electrons. The molecule has 2 rings (SSSR count). The summed E-state index contributed by atoms with van der Waals surface area (Å²) in [6.07, 6.45) is 7.27. The molecule has 5 heteroatoms. The Morgan fingerprint density at radius 1 is 1.60 bits per heavy atom. The van der Waals surface area contributed by atoms with Crippen LogP contribution in [0.1, 0.15) is 32.1 Å². The summed E-state index contributed by atoms with van der Waals surface area (Å²) in [7, 11) is 0. The van der Waals surface area contributed by atoms with Crippen molar-refractivity contribution in [1.29, 1.82) is 0 Å². The summed E-state index contributed by atoms with van der Waals surface area (Å²) < 4.78 is 1.73. The van der Waals surface area contributed by atoms with Gasteiger partial charge >= 0.3 is 5.97 Å². The Morgan fingerprint density at radius 2 is 2.27 bits per heavy atom. The van der Waals surface area contributed by atoms with Crippen LogP contribution in [0, 0.1) is 0 Å². The van der Waals surface area contributed by atoms with Crippen molar-refractivity contribution in [3.63, 3.8) is 0 Å². The average molecular weight is 229 g/mol. The van der Waals surface area contributed by atoms with E-state index in [-0.39, 0.29) is 12.0 Å². The van der Waals surface area contributed by atoms with Gasteiger partial charge in [-0.2, -0.15) is 5.10 Å². The maximum Gasteiger partial charge on any atom is 0.305 e. The van der Waals surface area contributed by atoms with Gasteiger partial charge in [-0.25, -0.2) is 0 Å². The molecule has 0 spiro atoms. The first-order chi connectivity index (χ1) is 7.12. The second kappa shape index (κ2) is 3.85. The summed E-state index contributed by atoms with van der Waals surface area (Å²) in [5.41, 5.74) is -0.348. The highest BCUT2D eigenvalue weighted by molar-refractivity contribution is 6.30. The van der Waals surface area contributed by atoms with Crippen molar-refractivity contribution >= 4 is 17.6 Å². The fourth-order valence-electron chi connectivity index (χ4n) is 2.36. The zero-order valence-electron chi connectivity index (χ0n) is 8.32. The van der Waals surface area contributed by atoms with E-state index in [1.807, 2.05) is 0 Å². The Labute approximate surface area is 92.8 Å². The predicted octanol–water partition coefficient (Wildman–Crippen LogP) is 2.28. The van der Waals surface area contributed by atoms with Gasteiger partial charge in [0.05, 0.1) is 23.2 Å². The quantitative estimate of drug-likeness (QED) is 0.864. The lowest BCUT2D eigenvalue weighted by molar-refractivity contribution is -0.139. The van der Waals surface area contributed by atoms with Crippen molar-refractivity contribution in [2.75, 3.05) is 0 Å². The van der Waals surface area contributed by atoms with E-state index < -0.39 is 5.97 Å². The van der Waals surface area contributed by atoms with Crippen LogP contribution in [0.15, 0.2) is 12.4 Å². The van der Waals surface area contributed by atoms with Crippen LogP contribution in [-0.2, 0) is 10.3 Å². The molecule has 4 nitrogen and oxygen atoms in total. The SMILES string of the molecule is O=C(O)CC1(n2cc(Cl)cn2)CCCC1. The third-order valence-electron chi connectivity index (χ3n) is 3.05. The van der Waals surface area contributed by atoms with Crippen molar-refractivity contribution in [1.82, 2.24) is 9.78 Å². The lowest BCUT2D eigenvalue weighted by atomic mass is 9.93. The first kappa shape index (κ1) is 10.5. The van der Waals surface area contributed by atoms with Gasteiger partial charge in [-0.15, -0.1) is 0 Å². The number of carboxylic acids is 1. The number of rotatable bonds is 3. The molecule has 15 heavy (non-hydrogen) atoms. The third kappa shape index (κ3) is 2.00. The minimum Gasteiger partial charge on any atom is -0.481 e. The smallest absolute Gasteiger partial charge is 0.305 e. The summed E-state index contributed by atoms with van der Waals surface area (Å²) in [6, 6.07) is 0. The van der Waals surface area contributed by atoms with Gasteiger partial charge in [0, 0.05) is 6.20 Å². The summed E-state index contributed by atoms with van der Waals surface area (Å²) in [6.45, 7) is 0. The van der Waals surface area contributed by atoms with E-state index in [1.165, 1.54) is 0 Å². The molecule has 0 unspecified atom stereocenters. The van der Waals surface area contributed by atoms with Gasteiger partial charge in [0.2, 0.25) is 0 Å². The minimum absolute atomic E-state index is 0.130. The molecule has 1 heterocycles. The van der Waals surface area contributed by atoms with E-state index in [0.717, 1.165) is 25.7 Å². The Kier molecular flexibility index (Phi) is 2.69. The molecule has 1 fully saturated rings. The number of carbonyl (C=O) groups is 1. The first-order valence-electron chi connectivity index (χ1n) is 5.05. The molecule has 1 aromatic rings. The molecule has 0 aromatic carbocycles. The molecular weight excluding hydrogens is 216 g/mol. The second-order valence-electron chi connectivity index (χ2n) is 4.11. The van der Waals surface area contributed by atoms with E-state index in [4.69, 9.17) is 16.7 Å². The van der Waals surface area contributed by atoms with Gasteiger partial charge in [0.25, 0.3) is 0 Å². The average Bonchev–Trinajstić information content (AvgIpc) is 2.73. The van der Waals surface area contributed by atoms with Gasteiger partial charge in [-0.05, 0) is 12.8 Å². The topological polar surface area (TPSA) is 55.1 Å². The van der Waals surface area contributed by atoms with Crippen LogP contribution in [0.25, 0.3) is 0 Å². The molecule has 0 bridgehead atoms. The number of aliphatic carboxylic acids is 1. The largest absolute Gasteiger partial charge is 0.481 e. The number of carboxylic acid groups (broad SMARTS) is 1. The minimum atomic E-state index is -0.775. The fraction of sp³-hybridized carbons (Fsp3) is 0.600. The van der Waals surface area contributed by atoms with Crippen LogP contribution >= 0.6 is 11.6 Å². The summed E-state index contributed by atoms with van der Waals surface area (Å²) in [5.74, 6) is -0.775. The maximum absolute atomic E-state index is 10.9. The van der Waals surface area contributed by atoms with Crippen LogP contribution in [0.2, 0.25) is 5.02 Å². The Balaban J connectivity index is 2.29. The van der Waals surface area contributed by atoms with E-state index >= 15 is 0 Å². The summed E-state index contributed by atoms with van der Waals surface area (Å²) in [5, 5.41) is 13.6. The van der Waals surface area contributed by atoms with E-state index in [2.05, 4.69) is 5.10 Å². The standard InChI is InChI=1S/C10H13ClN2O2/c11-8-6-12-13(7-8)10(5-9(14)15)3-1-2-4-10/h6-7H,1-5H2,(H,14,15). The maximum atomic E-state index is 10.9. The third-order valence-corrected chi connectivity index (χ3v) is 3.25. The molecule has 1 N–H and O–H groups in total. The van der Waals surface area contributed by atoms with Crippen molar-refractivity contribution in [2.24, 2.45) is 0 Å². The molecule has 0 amide bonds. The van der Waals surface area contributed by atoms with E-state index in [0.29, 0.717) is 5.02 Å². The summed E-state index contributed by atoms with van der Waals surface area (Å²) >= 11 is 5.81. The molecule has 0 atom stereocenters. The predicted molar refractivity (Wildman–Crippen MR) is 55.9 cm³/mol. The number of hydrogen-bond acceptors (Lipinski definition) is 2. The molecule has 0 aliphatic heterocycles. The number of aromatic nitrogens is 2. The van der Waals surface area contributed by atoms with E-state index in [1.54, 1.807) is 17.1 Å². The van der Waals surface area contributed by atoms with Crippen LogP contribution < -0.4 is 0 Å². The Bertz CT molecular complexity index is 369. The molecular formula is C10H13ClN2O2. The number of hydrogen-bond donors (Lipinski definition) is 1. The van der Waals surface area contributed by atoms with Crippen LogP contribution in [0.4, 0.5) is 0 Å². The lowest BCUT2D eigenvalue weighted by Gasteiger charge is -2.27. The van der Waals surface area contributed by atoms with Crippen LogP contribution in [0.3, 0.4) is 0 Å².